The van der Waals surface area contributed by atoms with Gasteiger partial charge in [0.2, 0.25) is 0 Å². The maximum Gasteiger partial charge on any atom is 0.124 e. The van der Waals surface area contributed by atoms with Crippen LogP contribution in [-0.2, 0) is 12.4 Å². The third kappa shape index (κ3) is 1.80. The standard InChI is InChI=1S/C12H12Cl2N2/c13-6-12-15-10-5-9(14)3-4-11(10)16(12)7-8-1-2-8/h3-5,8H,1-2,6-7H2. The summed E-state index contributed by atoms with van der Waals surface area (Å²) in [4.78, 5) is 4.52. The predicted octanol–water partition coefficient (Wildman–Crippen LogP) is 3.84. The first kappa shape index (κ1) is 10.4. The van der Waals surface area contributed by atoms with Crippen molar-refractivity contribution in [2.45, 2.75) is 25.3 Å². The van der Waals surface area contributed by atoms with Gasteiger partial charge < -0.3 is 4.57 Å². The number of hydrogen-bond acceptors (Lipinski definition) is 1. The van der Waals surface area contributed by atoms with Gasteiger partial charge in [0.25, 0.3) is 0 Å². The van der Waals surface area contributed by atoms with Crippen LogP contribution in [0.5, 0.6) is 0 Å². The summed E-state index contributed by atoms with van der Waals surface area (Å²) in [5.41, 5.74) is 2.09. The minimum Gasteiger partial charge on any atom is -0.327 e. The molecule has 84 valence electrons. The van der Waals surface area contributed by atoms with Gasteiger partial charge in [-0.2, -0.15) is 0 Å². The first-order valence-corrected chi connectivity index (χ1v) is 6.40. The van der Waals surface area contributed by atoms with Gasteiger partial charge in [0.05, 0.1) is 16.9 Å². The van der Waals surface area contributed by atoms with Crippen LogP contribution in [0.15, 0.2) is 18.2 Å². The maximum absolute atomic E-state index is 5.96. The van der Waals surface area contributed by atoms with Crippen molar-refractivity contribution in [2.24, 2.45) is 5.92 Å². The second-order valence-corrected chi connectivity index (χ2v) is 5.05. The Labute approximate surface area is 104 Å². The lowest BCUT2D eigenvalue weighted by Gasteiger charge is -2.05. The minimum atomic E-state index is 0.457. The number of alkyl halides is 1. The molecule has 1 aromatic carbocycles. The summed E-state index contributed by atoms with van der Waals surface area (Å²) in [7, 11) is 0. The predicted molar refractivity (Wildman–Crippen MR) is 67.0 cm³/mol. The van der Waals surface area contributed by atoms with E-state index in [0.29, 0.717) is 5.88 Å². The van der Waals surface area contributed by atoms with E-state index in [4.69, 9.17) is 23.2 Å². The van der Waals surface area contributed by atoms with E-state index in [9.17, 15) is 0 Å². The van der Waals surface area contributed by atoms with Crippen LogP contribution in [0, 0.1) is 5.92 Å². The Balaban J connectivity index is 2.13. The fraction of sp³-hybridized carbons (Fsp3) is 0.417. The van der Waals surface area contributed by atoms with Crippen LogP contribution < -0.4 is 0 Å². The summed E-state index contributed by atoms with van der Waals surface area (Å²) < 4.78 is 2.23. The molecule has 1 aromatic heterocycles. The van der Waals surface area contributed by atoms with Gasteiger partial charge in [0, 0.05) is 11.6 Å². The molecule has 0 aliphatic heterocycles. The molecule has 1 saturated carbocycles. The van der Waals surface area contributed by atoms with Crippen molar-refractivity contribution in [3.05, 3.63) is 29.0 Å². The molecule has 4 heteroatoms. The zero-order valence-corrected chi connectivity index (χ0v) is 10.3. The summed E-state index contributed by atoms with van der Waals surface area (Å²) in [5.74, 6) is 2.22. The number of rotatable bonds is 3. The Bertz CT molecular complexity index is 529. The molecular formula is C12H12Cl2N2. The number of benzene rings is 1. The molecule has 1 aliphatic carbocycles. The Morgan fingerprint density at radius 1 is 1.38 bits per heavy atom. The van der Waals surface area contributed by atoms with E-state index in [1.54, 1.807) is 0 Å². The SMILES string of the molecule is ClCc1nc2cc(Cl)ccc2n1CC1CC1. The highest BCUT2D eigenvalue weighted by atomic mass is 35.5. The molecule has 0 spiro atoms. The van der Waals surface area contributed by atoms with Gasteiger partial charge in [0.15, 0.2) is 0 Å². The highest BCUT2D eigenvalue weighted by Gasteiger charge is 2.23. The van der Waals surface area contributed by atoms with Crippen molar-refractivity contribution in [3.63, 3.8) is 0 Å². The van der Waals surface area contributed by atoms with E-state index in [0.717, 1.165) is 34.3 Å². The molecule has 16 heavy (non-hydrogen) atoms. The molecule has 0 atom stereocenters. The lowest BCUT2D eigenvalue weighted by molar-refractivity contribution is 0.623. The third-order valence-corrected chi connectivity index (χ3v) is 3.52. The van der Waals surface area contributed by atoms with Crippen LogP contribution in [0.3, 0.4) is 0 Å². The van der Waals surface area contributed by atoms with Crippen LogP contribution in [0.25, 0.3) is 11.0 Å². The van der Waals surface area contributed by atoms with Crippen molar-refractivity contribution < 1.29 is 0 Å². The Morgan fingerprint density at radius 2 is 2.19 bits per heavy atom. The quantitative estimate of drug-likeness (QED) is 0.762. The number of aromatic nitrogens is 2. The summed E-state index contributed by atoms with van der Waals surface area (Å²) in [5, 5.41) is 0.727. The van der Waals surface area contributed by atoms with Crippen LogP contribution in [0.4, 0.5) is 0 Å². The fourth-order valence-electron chi connectivity index (χ4n) is 2.02. The molecule has 1 fully saturated rings. The van der Waals surface area contributed by atoms with E-state index in [-0.39, 0.29) is 0 Å². The molecule has 0 N–H and O–H groups in total. The average Bonchev–Trinajstić information content (AvgIpc) is 3.01. The lowest BCUT2D eigenvalue weighted by Crippen LogP contribution is -2.03. The summed E-state index contributed by atoms with van der Waals surface area (Å²) in [6.07, 6.45) is 2.66. The van der Waals surface area contributed by atoms with E-state index < -0.39 is 0 Å². The van der Waals surface area contributed by atoms with E-state index in [2.05, 4.69) is 9.55 Å². The topological polar surface area (TPSA) is 17.8 Å². The van der Waals surface area contributed by atoms with Gasteiger partial charge in [0.1, 0.15) is 5.82 Å². The van der Waals surface area contributed by atoms with Gasteiger partial charge in [-0.15, -0.1) is 11.6 Å². The van der Waals surface area contributed by atoms with Crippen LogP contribution in [-0.4, -0.2) is 9.55 Å². The Hall–Kier alpha value is -0.730. The zero-order chi connectivity index (χ0) is 11.1. The summed E-state index contributed by atoms with van der Waals surface area (Å²) >= 11 is 11.9. The molecule has 1 heterocycles. The monoisotopic (exact) mass is 254 g/mol. The normalized spacial score (nSPS) is 15.9. The molecule has 0 radical (unpaired) electrons. The number of imidazole rings is 1. The molecule has 0 bridgehead atoms. The largest absolute Gasteiger partial charge is 0.327 e. The molecule has 1 aliphatic rings. The van der Waals surface area contributed by atoms with Crippen molar-refractivity contribution in [3.8, 4) is 0 Å². The van der Waals surface area contributed by atoms with E-state index in [1.165, 1.54) is 12.8 Å². The van der Waals surface area contributed by atoms with Crippen molar-refractivity contribution >= 4 is 34.2 Å². The first-order chi connectivity index (χ1) is 7.78. The number of hydrogen-bond donors (Lipinski definition) is 0. The van der Waals surface area contributed by atoms with Crippen LogP contribution in [0.2, 0.25) is 5.02 Å². The fourth-order valence-corrected chi connectivity index (χ4v) is 2.39. The first-order valence-electron chi connectivity index (χ1n) is 5.48. The Morgan fingerprint density at radius 3 is 2.88 bits per heavy atom. The second kappa shape index (κ2) is 3.94. The van der Waals surface area contributed by atoms with E-state index in [1.807, 2.05) is 18.2 Å². The molecule has 0 saturated heterocycles. The van der Waals surface area contributed by atoms with Crippen molar-refractivity contribution in [1.82, 2.24) is 9.55 Å². The minimum absolute atomic E-state index is 0.457. The molecule has 2 nitrogen and oxygen atoms in total. The van der Waals surface area contributed by atoms with Crippen molar-refractivity contribution in [1.29, 1.82) is 0 Å². The highest BCUT2D eigenvalue weighted by Crippen LogP contribution is 2.33. The smallest absolute Gasteiger partial charge is 0.124 e. The molecule has 3 rings (SSSR count). The molecule has 0 amide bonds. The maximum atomic E-state index is 5.96. The highest BCUT2D eigenvalue weighted by molar-refractivity contribution is 6.31. The van der Waals surface area contributed by atoms with Crippen LogP contribution >= 0.6 is 23.2 Å². The van der Waals surface area contributed by atoms with Gasteiger partial charge in [-0.25, -0.2) is 4.98 Å². The third-order valence-electron chi connectivity index (χ3n) is 3.05. The Kier molecular flexibility index (Phi) is 2.56. The second-order valence-electron chi connectivity index (χ2n) is 4.35. The van der Waals surface area contributed by atoms with Gasteiger partial charge in [-0.05, 0) is 37.0 Å². The van der Waals surface area contributed by atoms with E-state index >= 15 is 0 Å². The number of halogens is 2. The summed E-state index contributed by atoms with van der Waals surface area (Å²) in [6, 6.07) is 5.84. The van der Waals surface area contributed by atoms with Gasteiger partial charge >= 0.3 is 0 Å². The van der Waals surface area contributed by atoms with Gasteiger partial charge in [-0.3, -0.25) is 0 Å². The number of fused-ring (bicyclic) bond motifs is 1. The molecular weight excluding hydrogens is 243 g/mol. The lowest BCUT2D eigenvalue weighted by atomic mass is 10.3. The zero-order valence-electron chi connectivity index (χ0n) is 8.79. The van der Waals surface area contributed by atoms with Crippen molar-refractivity contribution in [2.75, 3.05) is 0 Å². The number of nitrogens with zero attached hydrogens (tertiary/aromatic N) is 2. The van der Waals surface area contributed by atoms with Crippen LogP contribution in [0.1, 0.15) is 18.7 Å². The average molecular weight is 255 g/mol. The molecule has 0 unspecified atom stereocenters. The molecule has 2 aromatic rings. The van der Waals surface area contributed by atoms with Gasteiger partial charge in [-0.1, -0.05) is 11.6 Å². The summed E-state index contributed by atoms with van der Waals surface area (Å²) in [6.45, 7) is 1.04.